The highest BCUT2D eigenvalue weighted by Crippen LogP contribution is 2.27. The van der Waals surface area contributed by atoms with Crippen LogP contribution in [0.3, 0.4) is 0 Å². The lowest BCUT2D eigenvalue weighted by molar-refractivity contribution is -0.129. The monoisotopic (exact) mass is 464 g/mol. The maximum absolute atomic E-state index is 13.2. The van der Waals surface area contributed by atoms with Crippen molar-refractivity contribution in [3.8, 4) is 0 Å². The topological polar surface area (TPSA) is 81.2 Å². The summed E-state index contributed by atoms with van der Waals surface area (Å²) in [5.41, 5.74) is 0.390. The summed E-state index contributed by atoms with van der Waals surface area (Å²) in [4.78, 5) is 30.7. The lowest BCUT2D eigenvalue weighted by atomic mass is 9.96. The number of benzene rings is 1. The van der Waals surface area contributed by atoms with Crippen molar-refractivity contribution in [2.75, 3.05) is 53.9 Å². The average Bonchev–Trinajstić information content (AvgIpc) is 3.04. The normalized spacial score (nSPS) is 19.1. The highest BCUT2D eigenvalue weighted by Gasteiger charge is 2.30. The van der Waals surface area contributed by atoms with Gasteiger partial charge in [0.15, 0.2) is 0 Å². The van der Waals surface area contributed by atoms with Crippen LogP contribution >= 0.6 is 0 Å². The molecule has 1 aromatic rings. The fourth-order valence-electron chi connectivity index (χ4n) is 4.44. The molecule has 3 rings (SSSR count). The Morgan fingerprint density at radius 3 is 2.38 bits per heavy atom. The van der Waals surface area contributed by atoms with Crippen LogP contribution in [0.5, 0.6) is 0 Å². The van der Waals surface area contributed by atoms with E-state index in [1.165, 1.54) is 10.4 Å². The third-order valence-corrected chi connectivity index (χ3v) is 8.49. The minimum Gasteiger partial charge on any atom is -0.348 e. The third-order valence-electron chi connectivity index (χ3n) is 6.58. The molecule has 0 atom stereocenters. The molecule has 0 N–H and O–H groups in total. The number of amides is 2. The highest BCUT2D eigenvalue weighted by atomic mass is 32.2. The van der Waals surface area contributed by atoms with Gasteiger partial charge in [-0.2, -0.15) is 4.31 Å². The summed E-state index contributed by atoms with van der Waals surface area (Å²) in [7, 11) is 1.48. The maximum atomic E-state index is 13.2. The Bertz CT molecular complexity index is 912. The van der Waals surface area contributed by atoms with Crippen molar-refractivity contribution in [1.82, 2.24) is 19.0 Å². The van der Waals surface area contributed by atoms with Crippen molar-refractivity contribution in [2.45, 2.75) is 49.5 Å². The van der Waals surface area contributed by atoms with Gasteiger partial charge in [0, 0.05) is 58.9 Å². The summed E-state index contributed by atoms with van der Waals surface area (Å²) < 4.78 is 27.9. The first kappa shape index (κ1) is 24.7. The first-order valence-corrected chi connectivity index (χ1v) is 12.9. The van der Waals surface area contributed by atoms with Crippen LogP contribution in [0.25, 0.3) is 0 Å². The first-order valence-electron chi connectivity index (χ1n) is 11.5. The minimum absolute atomic E-state index is 0.0228. The largest absolute Gasteiger partial charge is 0.348 e. The number of nitrogens with zero attached hydrogens (tertiary/aromatic N) is 4. The van der Waals surface area contributed by atoms with Gasteiger partial charge in [-0.05, 0) is 37.5 Å². The number of sulfonamides is 1. The number of carbonyl (C=O) groups excluding carboxylic acids is 2. The van der Waals surface area contributed by atoms with E-state index in [0.717, 1.165) is 45.1 Å². The molecule has 1 aliphatic carbocycles. The summed E-state index contributed by atoms with van der Waals surface area (Å²) in [6.07, 6.45) is 5.80. The summed E-state index contributed by atoms with van der Waals surface area (Å²) in [6, 6.07) is 6.43. The van der Waals surface area contributed by atoms with Gasteiger partial charge in [0.2, 0.25) is 15.9 Å². The standard InChI is InChI=1S/C23H36N4O4S/c1-24(2)22(28)18-26-13-8-14-27(16-15-26)23(29)19-9-7-12-21(17-19)32(30,31)25(3)20-10-5-4-6-11-20/h7,9,12,17,20H,4-6,8,10-11,13-16,18H2,1-3H3. The number of rotatable bonds is 6. The van der Waals surface area contributed by atoms with Crippen molar-refractivity contribution >= 4 is 21.8 Å². The molecule has 0 aromatic heterocycles. The number of hydrogen-bond donors (Lipinski definition) is 0. The van der Waals surface area contributed by atoms with E-state index in [1.54, 1.807) is 49.1 Å². The zero-order chi connectivity index (χ0) is 23.3. The summed E-state index contributed by atoms with van der Waals surface area (Å²) in [6.45, 7) is 2.82. The lowest BCUT2D eigenvalue weighted by Crippen LogP contribution is -2.39. The van der Waals surface area contributed by atoms with Crippen LogP contribution in [0.1, 0.15) is 48.9 Å². The van der Waals surface area contributed by atoms with Gasteiger partial charge in [-0.15, -0.1) is 0 Å². The van der Waals surface area contributed by atoms with E-state index < -0.39 is 10.0 Å². The molecule has 8 nitrogen and oxygen atoms in total. The molecule has 0 spiro atoms. The SMILES string of the molecule is CN(C)C(=O)CN1CCCN(C(=O)c2cccc(S(=O)(=O)N(C)C3CCCCC3)c2)CC1. The molecule has 2 amide bonds. The third kappa shape index (κ3) is 5.88. The minimum atomic E-state index is -3.65. The van der Waals surface area contributed by atoms with Gasteiger partial charge in [0.25, 0.3) is 5.91 Å². The van der Waals surface area contributed by atoms with Gasteiger partial charge in [-0.25, -0.2) is 8.42 Å². The van der Waals surface area contributed by atoms with E-state index >= 15 is 0 Å². The van der Waals surface area contributed by atoms with Gasteiger partial charge < -0.3 is 9.80 Å². The van der Waals surface area contributed by atoms with Gasteiger partial charge in [0.05, 0.1) is 11.4 Å². The van der Waals surface area contributed by atoms with Crippen LogP contribution in [-0.4, -0.2) is 99.1 Å². The number of likely N-dealkylation sites (N-methyl/N-ethyl adjacent to an activating group) is 1. The van der Waals surface area contributed by atoms with Crippen molar-refractivity contribution < 1.29 is 18.0 Å². The van der Waals surface area contributed by atoms with Crippen LogP contribution in [-0.2, 0) is 14.8 Å². The molecule has 0 bridgehead atoms. The van der Waals surface area contributed by atoms with E-state index in [0.29, 0.717) is 31.7 Å². The zero-order valence-electron chi connectivity index (χ0n) is 19.5. The molecule has 178 valence electrons. The van der Waals surface area contributed by atoms with E-state index in [-0.39, 0.29) is 22.8 Å². The van der Waals surface area contributed by atoms with Crippen LogP contribution in [0, 0.1) is 0 Å². The molecule has 1 heterocycles. The molecule has 1 saturated carbocycles. The Hall–Kier alpha value is -1.97. The fraction of sp³-hybridized carbons (Fsp3) is 0.652. The van der Waals surface area contributed by atoms with Crippen molar-refractivity contribution in [2.24, 2.45) is 0 Å². The molecule has 2 fully saturated rings. The Labute approximate surface area is 192 Å². The average molecular weight is 465 g/mol. The molecular weight excluding hydrogens is 428 g/mol. The van der Waals surface area contributed by atoms with E-state index in [4.69, 9.17) is 0 Å². The van der Waals surface area contributed by atoms with Gasteiger partial charge in [0.1, 0.15) is 0 Å². The second kappa shape index (κ2) is 10.8. The van der Waals surface area contributed by atoms with Crippen molar-refractivity contribution in [3.63, 3.8) is 0 Å². The molecule has 32 heavy (non-hydrogen) atoms. The second-order valence-electron chi connectivity index (χ2n) is 9.05. The molecule has 2 aliphatic rings. The van der Waals surface area contributed by atoms with Crippen LogP contribution in [0.2, 0.25) is 0 Å². The van der Waals surface area contributed by atoms with Crippen molar-refractivity contribution in [1.29, 1.82) is 0 Å². The second-order valence-corrected chi connectivity index (χ2v) is 11.0. The number of carbonyl (C=O) groups is 2. The van der Waals surface area contributed by atoms with Crippen molar-refractivity contribution in [3.05, 3.63) is 29.8 Å². The predicted octanol–water partition coefficient (Wildman–Crippen LogP) is 1.88. The van der Waals surface area contributed by atoms with Crippen LogP contribution < -0.4 is 0 Å². The fourth-order valence-corrected chi connectivity index (χ4v) is 5.91. The zero-order valence-corrected chi connectivity index (χ0v) is 20.3. The number of hydrogen-bond acceptors (Lipinski definition) is 5. The Kier molecular flexibility index (Phi) is 8.30. The highest BCUT2D eigenvalue weighted by molar-refractivity contribution is 7.89. The molecule has 1 aliphatic heterocycles. The molecule has 0 unspecified atom stereocenters. The Morgan fingerprint density at radius 1 is 0.969 bits per heavy atom. The Balaban J connectivity index is 1.69. The van der Waals surface area contributed by atoms with Crippen LogP contribution in [0.15, 0.2) is 29.2 Å². The molecule has 9 heteroatoms. The van der Waals surface area contributed by atoms with E-state index in [9.17, 15) is 18.0 Å². The quantitative estimate of drug-likeness (QED) is 0.642. The predicted molar refractivity (Wildman–Crippen MR) is 124 cm³/mol. The summed E-state index contributed by atoms with van der Waals surface area (Å²) in [5, 5.41) is 0. The molecule has 1 saturated heterocycles. The smallest absolute Gasteiger partial charge is 0.253 e. The van der Waals surface area contributed by atoms with Gasteiger partial charge >= 0.3 is 0 Å². The lowest BCUT2D eigenvalue weighted by Gasteiger charge is -2.30. The summed E-state index contributed by atoms with van der Waals surface area (Å²) in [5.74, 6) is -0.118. The molecule has 0 radical (unpaired) electrons. The first-order chi connectivity index (χ1) is 15.2. The van der Waals surface area contributed by atoms with Crippen LogP contribution in [0.4, 0.5) is 0 Å². The molecular formula is C23H36N4O4S. The van der Waals surface area contributed by atoms with E-state index in [2.05, 4.69) is 4.90 Å². The maximum Gasteiger partial charge on any atom is 0.253 e. The molecule has 1 aromatic carbocycles. The Morgan fingerprint density at radius 2 is 1.69 bits per heavy atom. The van der Waals surface area contributed by atoms with E-state index in [1.807, 2.05) is 0 Å². The summed E-state index contributed by atoms with van der Waals surface area (Å²) >= 11 is 0. The van der Waals surface area contributed by atoms with Gasteiger partial charge in [-0.3, -0.25) is 14.5 Å². The van der Waals surface area contributed by atoms with Gasteiger partial charge in [-0.1, -0.05) is 25.3 Å².